The minimum Gasteiger partial charge on any atom is -0.298 e. The van der Waals surface area contributed by atoms with Gasteiger partial charge in [-0.05, 0) is 40.5 Å². The first kappa shape index (κ1) is 11.5. The lowest BCUT2D eigenvalue weighted by Gasteiger charge is -2.30. The lowest BCUT2D eigenvalue weighted by atomic mass is 10.1. The second-order valence-corrected chi connectivity index (χ2v) is 4.59. The number of nitrogens with zero attached hydrogens (tertiary/aromatic N) is 1. The van der Waals surface area contributed by atoms with Crippen LogP contribution in [0.25, 0.3) is 0 Å². The van der Waals surface area contributed by atoms with Crippen molar-refractivity contribution >= 4 is 0 Å². The highest BCUT2D eigenvalue weighted by atomic mass is 15.2. The Kier molecular flexibility index (Phi) is 4.40. The lowest BCUT2D eigenvalue weighted by molar-refractivity contribution is 0.178. The second kappa shape index (κ2) is 5.35. The van der Waals surface area contributed by atoms with Crippen molar-refractivity contribution in [2.45, 2.75) is 52.6 Å². The van der Waals surface area contributed by atoms with Crippen molar-refractivity contribution in [2.75, 3.05) is 6.54 Å². The van der Waals surface area contributed by atoms with E-state index in [0.717, 1.165) is 6.42 Å². The van der Waals surface area contributed by atoms with Crippen molar-refractivity contribution < 1.29 is 0 Å². The number of hydrogen-bond donors (Lipinski definition) is 0. The van der Waals surface area contributed by atoms with Crippen LogP contribution in [0.15, 0.2) is 23.8 Å². The summed E-state index contributed by atoms with van der Waals surface area (Å²) in [5.74, 6) is 0. The van der Waals surface area contributed by atoms with Crippen molar-refractivity contribution in [3.8, 4) is 0 Å². The molecule has 80 valence electrons. The van der Waals surface area contributed by atoms with E-state index in [1.165, 1.54) is 18.5 Å². The maximum atomic E-state index is 2.55. The molecular weight excluding hydrogens is 170 g/mol. The fourth-order valence-electron chi connectivity index (χ4n) is 2.06. The average molecular weight is 193 g/mol. The Morgan fingerprint density at radius 2 is 1.86 bits per heavy atom. The zero-order valence-corrected chi connectivity index (χ0v) is 9.96. The van der Waals surface area contributed by atoms with Crippen LogP contribution in [0, 0.1) is 0 Å². The summed E-state index contributed by atoms with van der Waals surface area (Å²) in [5, 5.41) is 0. The van der Waals surface area contributed by atoms with Crippen molar-refractivity contribution in [3.05, 3.63) is 23.8 Å². The first-order valence-corrected chi connectivity index (χ1v) is 5.72. The monoisotopic (exact) mass is 193 g/mol. The third-order valence-electron chi connectivity index (χ3n) is 2.83. The molecule has 0 N–H and O–H groups in total. The number of allylic oxidation sites excluding steroid dienone is 3. The van der Waals surface area contributed by atoms with Crippen LogP contribution in [-0.2, 0) is 0 Å². The van der Waals surface area contributed by atoms with Gasteiger partial charge in [0.25, 0.3) is 0 Å². The fraction of sp³-hybridized carbons (Fsp3) is 0.692. The van der Waals surface area contributed by atoms with Gasteiger partial charge in [0.1, 0.15) is 0 Å². The van der Waals surface area contributed by atoms with Crippen LogP contribution in [0.3, 0.4) is 0 Å². The molecule has 14 heavy (non-hydrogen) atoms. The Morgan fingerprint density at radius 1 is 1.21 bits per heavy atom. The summed E-state index contributed by atoms with van der Waals surface area (Å²) in [5.41, 5.74) is 1.51. The van der Waals surface area contributed by atoms with Gasteiger partial charge < -0.3 is 0 Å². The van der Waals surface area contributed by atoms with Crippen LogP contribution < -0.4 is 0 Å². The van der Waals surface area contributed by atoms with Gasteiger partial charge in [-0.1, -0.05) is 23.8 Å². The molecule has 0 spiro atoms. The highest BCUT2D eigenvalue weighted by molar-refractivity contribution is 5.25. The second-order valence-electron chi connectivity index (χ2n) is 4.59. The van der Waals surface area contributed by atoms with E-state index < -0.39 is 0 Å². The standard InChI is InChI=1S/C13H23N/c1-11(2)14(12(3)4)10-9-13-7-5-6-8-13/h5,7-8,11-12H,6,9-10H2,1-4H3. The minimum absolute atomic E-state index is 0.654. The van der Waals surface area contributed by atoms with Gasteiger partial charge in [-0.15, -0.1) is 0 Å². The molecule has 0 amide bonds. The molecule has 0 saturated carbocycles. The molecule has 0 aromatic heterocycles. The Labute approximate surface area is 88.5 Å². The molecule has 0 heterocycles. The molecule has 1 nitrogen and oxygen atoms in total. The van der Waals surface area contributed by atoms with E-state index >= 15 is 0 Å². The maximum absolute atomic E-state index is 2.55. The number of rotatable bonds is 5. The largest absolute Gasteiger partial charge is 0.298 e. The van der Waals surface area contributed by atoms with E-state index in [4.69, 9.17) is 0 Å². The topological polar surface area (TPSA) is 3.24 Å². The van der Waals surface area contributed by atoms with Crippen LogP contribution >= 0.6 is 0 Å². The summed E-state index contributed by atoms with van der Waals surface area (Å²) >= 11 is 0. The Bertz CT molecular complexity index is 215. The van der Waals surface area contributed by atoms with E-state index in [1.807, 2.05) is 0 Å². The first-order valence-electron chi connectivity index (χ1n) is 5.72. The molecule has 1 rings (SSSR count). The van der Waals surface area contributed by atoms with Gasteiger partial charge in [0.2, 0.25) is 0 Å². The summed E-state index contributed by atoms with van der Waals surface area (Å²) in [6, 6.07) is 1.31. The predicted molar refractivity (Wildman–Crippen MR) is 63.4 cm³/mol. The van der Waals surface area contributed by atoms with Gasteiger partial charge >= 0.3 is 0 Å². The number of hydrogen-bond acceptors (Lipinski definition) is 1. The van der Waals surface area contributed by atoms with E-state index in [9.17, 15) is 0 Å². The summed E-state index contributed by atoms with van der Waals surface area (Å²) in [6.45, 7) is 10.3. The molecule has 0 aromatic carbocycles. The summed E-state index contributed by atoms with van der Waals surface area (Å²) in [4.78, 5) is 2.55. The molecule has 1 aliphatic carbocycles. The van der Waals surface area contributed by atoms with Crippen molar-refractivity contribution in [2.24, 2.45) is 0 Å². The van der Waals surface area contributed by atoms with Gasteiger partial charge in [0.15, 0.2) is 0 Å². The van der Waals surface area contributed by atoms with E-state index in [2.05, 4.69) is 50.8 Å². The predicted octanol–water partition coefficient (Wildman–Crippen LogP) is 3.38. The van der Waals surface area contributed by atoms with Gasteiger partial charge in [-0.2, -0.15) is 0 Å². The first-order chi connectivity index (χ1) is 6.61. The van der Waals surface area contributed by atoms with Crippen molar-refractivity contribution in [3.63, 3.8) is 0 Å². The van der Waals surface area contributed by atoms with Crippen LogP contribution in [-0.4, -0.2) is 23.5 Å². The van der Waals surface area contributed by atoms with E-state index in [-0.39, 0.29) is 0 Å². The van der Waals surface area contributed by atoms with Crippen LogP contribution in [0.5, 0.6) is 0 Å². The lowest BCUT2D eigenvalue weighted by Crippen LogP contribution is -2.37. The normalized spacial score (nSPS) is 16.1. The van der Waals surface area contributed by atoms with Crippen molar-refractivity contribution in [1.82, 2.24) is 4.90 Å². The Hall–Kier alpha value is -0.560. The van der Waals surface area contributed by atoms with Gasteiger partial charge in [0, 0.05) is 18.6 Å². The SMILES string of the molecule is CC(C)N(CCC1=CCC=C1)C(C)C. The molecule has 0 aliphatic heterocycles. The molecule has 0 radical (unpaired) electrons. The highest BCUT2D eigenvalue weighted by Gasteiger charge is 2.13. The third-order valence-corrected chi connectivity index (χ3v) is 2.83. The summed E-state index contributed by atoms with van der Waals surface area (Å²) in [6.07, 6.45) is 9.17. The zero-order valence-electron chi connectivity index (χ0n) is 9.96. The fourth-order valence-corrected chi connectivity index (χ4v) is 2.06. The van der Waals surface area contributed by atoms with Gasteiger partial charge in [-0.3, -0.25) is 4.90 Å². The minimum atomic E-state index is 0.654. The van der Waals surface area contributed by atoms with Crippen molar-refractivity contribution in [1.29, 1.82) is 0 Å². The highest BCUT2D eigenvalue weighted by Crippen LogP contribution is 2.15. The molecule has 0 saturated heterocycles. The molecule has 0 atom stereocenters. The van der Waals surface area contributed by atoms with Gasteiger partial charge in [-0.25, -0.2) is 0 Å². The molecule has 0 bridgehead atoms. The van der Waals surface area contributed by atoms with Crippen LogP contribution in [0.2, 0.25) is 0 Å². The third kappa shape index (κ3) is 3.30. The Balaban J connectivity index is 2.36. The summed E-state index contributed by atoms with van der Waals surface area (Å²) < 4.78 is 0. The zero-order chi connectivity index (χ0) is 10.6. The average Bonchev–Trinajstić information content (AvgIpc) is 2.55. The molecule has 0 aromatic rings. The quantitative estimate of drug-likeness (QED) is 0.647. The molecule has 1 heteroatoms. The smallest absolute Gasteiger partial charge is 0.00414 e. The van der Waals surface area contributed by atoms with Crippen LogP contribution in [0.4, 0.5) is 0 Å². The Morgan fingerprint density at radius 3 is 2.29 bits per heavy atom. The van der Waals surface area contributed by atoms with E-state index in [1.54, 1.807) is 0 Å². The molecule has 0 fully saturated rings. The summed E-state index contributed by atoms with van der Waals surface area (Å²) in [7, 11) is 0. The van der Waals surface area contributed by atoms with Gasteiger partial charge in [0.05, 0.1) is 0 Å². The molecule has 0 unspecified atom stereocenters. The molecular formula is C13H23N. The maximum Gasteiger partial charge on any atom is 0.00414 e. The molecule has 1 aliphatic rings. The van der Waals surface area contributed by atoms with E-state index in [0.29, 0.717) is 12.1 Å². The van der Waals surface area contributed by atoms with Crippen LogP contribution in [0.1, 0.15) is 40.5 Å².